The van der Waals surface area contributed by atoms with Crippen LogP contribution < -0.4 is 4.74 Å². The molecule has 0 saturated carbocycles. The Labute approximate surface area is 107 Å². The highest BCUT2D eigenvalue weighted by atomic mass is 79.9. The van der Waals surface area contributed by atoms with Gasteiger partial charge in [0.15, 0.2) is 5.56 Å². The lowest BCUT2D eigenvalue weighted by molar-refractivity contribution is 0.0487. The predicted molar refractivity (Wildman–Crippen MR) is 62.0 cm³/mol. The number of aromatic nitrogens is 2. The van der Waals surface area contributed by atoms with Gasteiger partial charge in [0.05, 0.1) is 13.2 Å². The third-order valence-electron chi connectivity index (χ3n) is 2.49. The highest BCUT2D eigenvalue weighted by Gasteiger charge is 2.30. The molecule has 1 aromatic heterocycles. The van der Waals surface area contributed by atoms with Crippen molar-refractivity contribution in [3.63, 3.8) is 0 Å². The summed E-state index contributed by atoms with van der Waals surface area (Å²) in [4.78, 5) is 11.7. The number of aliphatic hydroxyl groups excluding tert-OH is 1. The normalized spacial score (nSPS) is 18.4. The summed E-state index contributed by atoms with van der Waals surface area (Å²) >= 11 is 3.21. The molecule has 17 heavy (non-hydrogen) atoms. The maximum absolute atomic E-state index is 11.7. The van der Waals surface area contributed by atoms with Gasteiger partial charge in [-0.3, -0.25) is 0 Å². The molecule has 1 atom stereocenters. The molecule has 0 spiro atoms. The number of carbonyl (C=O) groups excluding carboxylic acids is 1. The molecule has 0 fully saturated rings. The van der Waals surface area contributed by atoms with Crippen LogP contribution in [0.2, 0.25) is 0 Å². The minimum absolute atomic E-state index is 0.0783. The molecule has 0 radical (unpaired) electrons. The first-order valence-corrected chi connectivity index (χ1v) is 6.17. The highest BCUT2D eigenvalue weighted by Crippen LogP contribution is 2.31. The molecule has 7 heteroatoms. The predicted octanol–water partition coefficient (Wildman–Crippen LogP) is 0.966. The van der Waals surface area contributed by atoms with Gasteiger partial charge in [0, 0.05) is 13.0 Å². The summed E-state index contributed by atoms with van der Waals surface area (Å²) in [6.45, 7) is 2.56. The van der Waals surface area contributed by atoms with E-state index in [1.807, 2.05) is 0 Å². The molecule has 1 aliphatic rings. The van der Waals surface area contributed by atoms with Gasteiger partial charge in [-0.25, -0.2) is 9.48 Å². The number of hydrogen-bond donors (Lipinski definition) is 1. The van der Waals surface area contributed by atoms with Crippen LogP contribution in [-0.2, 0) is 11.3 Å². The van der Waals surface area contributed by atoms with E-state index in [9.17, 15) is 4.79 Å². The number of rotatable bonds is 3. The standard InChI is InChI=1S/C10H13BrN2O4/c1-2-16-10(15)7-8(11)12-13-4-3-6(5-14)17-9(7)13/h6,14H,2-5H2,1H3. The zero-order valence-corrected chi connectivity index (χ0v) is 10.9. The molecular weight excluding hydrogens is 292 g/mol. The fraction of sp³-hybridized carbons (Fsp3) is 0.600. The van der Waals surface area contributed by atoms with E-state index in [1.165, 1.54) is 0 Å². The maximum Gasteiger partial charge on any atom is 0.346 e. The monoisotopic (exact) mass is 304 g/mol. The lowest BCUT2D eigenvalue weighted by Gasteiger charge is -2.23. The van der Waals surface area contributed by atoms with Gasteiger partial charge < -0.3 is 14.6 Å². The number of fused-ring (bicyclic) bond motifs is 1. The average molecular weight is 305 g/mol. The minimum Gasteiger partial charge on any atom is -0.471 e. The lowest BCUT2D eigenvalue weighted by Crippen LogP contribution is -2.30. The summed E-state index contributed by atoms with van der Waals surface area (Å²) in [6, 6.07) is 0. The van der Waals surface area contributed by atoms with E-state index < -0.39 is 5.97 Å². The molecule has 0 saturated heterocycles. The number of aryl methyl sites for hydroxylation is 1. The van der Waals surface area contributed by atoms with E-state index in [0.29, 0.717) is 30.1 Å². The largest absolute Gasteiger partial charge is 0.471 e. The summed E-state index contributed by atoms with van der Waals surface area (Å²) in [7, 11) is 0. The third-order valence-corrected chi connectivity index (χ3v) is 3.04. The Balaban J connectivity index is 2.33. The van der Waals surface area contributed by atoms with Crippen molar-refractivity contribution in [1.29, 1.82) is 0 Å². The minimum atomic E-state index is -0.473. The van der Waals surface area contributed by atoms with E-state index in [1.54, 1.807) is 11.6 Å². The van der Waals surface area contributed by atoms with Crippen LogP contribution >= 0.6 is 15.9 Å². The second kappa shape index (κ2) is 5.05. The lowest BCUT2D eigenvalue weighted by atomic mass is 10.2. The molecule has 0 aromatic carbocycles. The summed E-state index contributed by atoms with van der Waals surface area (Å²) in [5, 5.41) is 13.2. The number of carbonyl (C=O) groups is 1. The number of halogens is 1. The van der Waals surface area contributed by atoms with E-state index in [-0.39, 0.29) is 18.3 Å². The van der Waals surface area contributed by atoms with Crippen molar-refractivity contribution < 1.29 is 19.4 Å². The van der Waals surface area contributed by atoms with Crippen molar-refractivity contribution in [2.75, 3.05) is 13.2 Å². The van der Waals surface area contributed by atoms with Crippen molar-refractivity contribution in [2.24, 2.45) is 0 Å². The Bertz CT molecular complexity index is 432. The van der Waals surface area contributed by atoms with E-state index in [2.05, 4.69) is 21.0 Å². The van der Waals surface area contributed by atoms with Crippen LogP contribution in [-0.4, -0.2) is 40.2 Å². The first-order chi connectivity index (χ1) is 8.17. The smallest absolute Gasteiger partial charge is 0.346 e. The van der Waals surface area contributed by atoms with E-state index >= 15 is 0 Å². The van der Waals surface area contributed by atoms with Gasteiger partial charge in [-0.05, 0) is 22.9 Å². The fourth-order valence-corrected chi connectivity index (χ4v) is 2.20. The van der Waals surface area contributed by atoms with E-state index in [0.717, 1.165) is 0 Å². The Morgan fingerprint density at radius 1 is 1.76 bits per heavy atom. The van der Waals surface area contributed by atoms with Gasteiger partial charge in [0.2, 0.25) is 5.88 Å². The SMILES string of the molecule is CCOC(=O)c1c(Br)nn2c1OC(CO)CC2. The first kappa shape index (κ1) is 12.4. The van der Waals surface area contributed by atoms with Gasteiger partial charge in [0.1, 0.15) is 10.7 Å². The zero-order chi connectivity index (χ0) is 12.4. The molecule has 1 aliphatic heterocycles. The second-order valence-electron chi connectivity index (χ2n) is 3.63. The number of aliphatic hydroxyl groups is 1. The van der Waals surface area contributed by atoms with Gasteiger partial charge in [-0.1, -0.05) is 0 Å². The van der Waals surface area contributed by atoms with Gasteiger partial charge in [0.25, 0.3) is 0 Å². The molecular formula is C10H13BrN2O4. The van der Waals surface area contributed by atoms with Crippen LogP contribution in [0.3, 0.4) is 0 Å². The van der Waals surface area contributed by atoms with Crippen molar-refractivity contribution in [2.45, 2.75) is 26.0 Å². The highest BCUT2D eigenvalue weighted by molar-refractivity contribution is 9.10. The Kier molecular flexibility index (Phi) is 3.68. The fourth-order valence-electron chi connectivity index (χ4n) is 1.68. The summed E-state index contributed by atoms with van der Waals surface area (Å²) in [5.74, 6) is -0.111. The van der Waals surface area contributed by atoms with Crippen LogP contribution in [0.15, 0.2) is 4.60 Å². The summed E-state index contributed by atoms with van der Waals surface area (Å²) < 4.78 is 12.5. The topological polar surface area (TPSA) is 73.6 Å². The summed E-state index contributed by atoms with van der Waals surface area (Å²) in [6.07, 6.45) is 0.374. The first-order valence-electron chi connectivity index (χ1n) is 5.38. The van der Waals surface area contributed by atoms with Crippen LogP contribution in [0.5, 0.6) is 5.88 Å². The average Bonchev–Trinajstić information content (AvgIpc) is 2.64. The molecule has 2 heterocycles. The molecule has 6 nitrogen and oxygen atoms in total. The second-order valence-corrected chi connectivity index (χ2v) is 4.38. The van der Waals surface area contributed by atoms with E-state index in [4.69, 9.17) is 14.6 Å². The van der Waals surface area contributed by atoms with Crippen LogP contribution in [0.1, 0.15) is 23.7 Å². The third kappa shape index (κ3) is 2.30. The number of hydrogen-bond acceptors (Lipinski definition) is 5. The Morgan fingerprint density at radius 2 is 2.53 bits per heavy atom. The summed E-state index contributed by atoms with van der Waals surface area (Å²) in [5.41, 5.74) is 0.282. The molecule has 0 aliphatic carbocycles. The molecule has 1 unspecified atom stereocenters. The molecule has 0 amide bonds. The Hall–Kier alpha value is -1.08. The van der Waals surface area contributed by atoms with Crippen molar-refractivity contribution >= 4 is 21.9 Å². The van der Waals surface area contributed by atoms with Crippen LogP contribution in [0.4, 0.5) is 0 Å². The molecule has 2 rings (SSSR count). The number of esters is 1. The quantitative estimate of drug-likeness (QED) is 0.842. The van der Waals surface area contributed by atoms with Crippen LogP contribution in [0.25, 0.3) is 0 Å². The molecule has 1 aromatic rings. The number of ether oxygens (including phenoxy) is 2. The van der Waals surface area contributed by atoms with Gasteiger partial charge >= 0.3 is 5.97 Å². The Morgan fingerprint density at radius 3 is 3.18 bits per heavy atom. The van der Waals surface area contributed by atoms with Crippen molar-refractivity contribution in [3.8, 4) is 5.88 Å². The van der Waals surface area contributed by atoms with Gasteiger partial charge in [-0.15, -0.1) is 0 Å². The van der Waals surface area contributed by atoms with Gasteiger partial charge in [-0.2, -0.15) is 5.10 Å². The molecule has 94 valence electrons. The molecule has 0 bridgehead atoms. The zero-order valence-electron chi connectivity index (χ0n) is 9.35. The van der Waals surface area contributed by atoms with Crippen molar-refractivity contribution in [3.05, 3.63) is 10.2 Å². The maximum atomic E-state index is 11.7. The number of nitrogens with zero attached hydrogens (tertiary/aromatic N) is 2. The van der Waals surface area contributed by atoms with Crippen molar-refractivity contribution in [1.82, 2.24) is 9.78 Å². The van der Waals surface area contributed by atoms with Crippen LogP contribution in [0, 0.1) is 0 Å². The molecule has 1 N–H and O–H groups in total.